The molecule has 3 aliphatic rings. The number of hydrogen-bond acceptors (Lipinski definition) is 6. The van der Waals surface area contributed by atoms with Gasteiger partial charge in [0, 0.05) is 25.0 Å². The molecule has 3 heterocycles. The molecule has 8 heteroatoms. The number of hydrogen-bond donors (Lipinski definition) is 3. The van der Waals surface area contributed by atoms with E-state index in [0.717, 1.165) is 29.8 Å². The fraction of sp³-hybridized carbons (Fsp3) is 0.500. The van der Waals surface area contributed by atoms with E-state index in [4.69, 9.17) is 0 Å². The van der Waals surface area contributed by atoms with E-state index in [2.05, 4.69) is 22.9 Å². The van der Waals surface area contributed by atoms with Gasteiger partial charge in [-0.2, -0.15) is 0 Å². The molecule has 0 bridgehead atoms. The van der Waals surface area contributed by atoms with E-state index in [-0.39, 0.29) is 24.8 Å². The van der Waals surface area contributed by atoms with Crippen LogP contribution in [0.3, 0.4) is 0 Å². The van der Waals surface area contributed by atoms with E-state index in [0.29, 0.717) is 23.7 Å². The normalized spacial score (nSPS) is 25.8. The van der Waals surface area contributed by atoms with Crippen molar-refractivity contribution in [1.29, 1.82) is 0 Å². The standard InChI is InChI=1S/C20H24N4O4/c1-11(14-6-3-9-21-14)22-10-12-4-2-5-13-17(12)20(28)24(19(13)27)15-7-8-16(25)23-18(15)26/h2,4-5,11,14-15,21-22H,3,6-10H2,1H3,(H,23,25,26)/t11-,14-,15?/m0/s1. The van der Waals surface area contributed by atoms with Crippen LogP contribution >= 0.6 is 0 Å². The molecule has 1 aromatic carbocycles. The first kappa shape index (κ1) is 18.8. The quantitative estimate of drug-likeness (QED) is 0.631. The molecule has 28 heavy (non-hydrogen) atoms. The SMILES string of the molecule is C[C@H](NCc1cccc2c1C(=O)N(C1CCC(=O)NC1=O)C2=O)[C@@H]1CCCN1. The molecule has 8 nitrogen and oxygen atoms in total. The van der Waals surface area contributed by atoms with E-state index in [1.807, 2.05) is 6.07 Å². The molecule has 3 aliphatic heterocycles. The minimum Gasteiger partial charge on any atom is -0.312 e. The smallest absolute Gasteiger partial charge is 0.262 e. The number of amides is 4. The van der Waals surface area contributed by atoms with Crippen molar-refractivity contribution in [3.05, 3.63) is 34.9 Å². The molecule has 148 valence electrons. The molecule has 2 saturated heterocycles. The van der Waals surface area contributed by atoms with Gasteiger partial charge >= 0.3 is 0 Å². The van der Waals surface area contributed by atoms with Crippen molar-refractivity contribution in [2.75, 3.05) is 6.54 Å². The predicted octanol–water partition coefficient (Wildman–Crippen LogP) is 0.318. The van der Waals surface area contributed by atoms with Crippen LogP contribution in [0.5, 0.6) is 0 Å². The van der Waals surface area contributed by atoms with E-state index in [9.17, 15) is 19.2 Å². The molecule has 2 fully saturated rings. The Bertz CT molecular complexity index is 847. The third-order valence-electron chi connectivity index (χ3n) is 5.87. The Morgan fingerprint density at radius 3 is 2.71 bits per heavy atom. The first-order valence-corrected chi connectivity index (χ1v) is 9.77. The van der Waals surface area contributed by atoms with Gasteiger partial charge in [0.1, 0.15) is 6.04 Å². The number of carbonyl (C=O) groups excluding carboxylic acids is 4. The Hall–Kier alpha value is -2.58. The van der Waals surface area contributed by atoms with Gasteiger partial charge in [0.15, 0.2) is 0 Å². The van der Waals surface area contributed by atoms with Crippen molar-refractivity contribution < 1.29 is 19.2 Å². The van der Waals surface area contributed by atoms with Gasteiger partial charge in [-0.05, 0) is 44.4 Å². The van der Waals surface area contributed by atoms with E-state index >= 15 is 0 Å². The lowest BCUT2D eigenvalue weighted by molar-refractivity contribution is -0.136. The average molecular weight is 384 g/mol. The highest BCUT2D eigenvalue weighted by molar-refractivity contribution is 6.24. The third kappa shape index (κ3) is 3.22. The minimum absolute atomic E-state index is 0.115. The Balaban J connectivity index is 1.54. The maximum Gasteiger partial charge on any atom is 0.262 e. The van der Waals surface area contributed by atoms with Crippen LogP contribution in [-0.4, -0.2) is 53.2 Å². The first-order valence-electron chi connectivity index (χ1n) is 9.77. The lowest BCUT2D eigenvalue weighted by Crippen LogP contribution is -2.54. The lowest BCUT2D eigenvalue weighted by Gasteiger charge is -2.28. The zero-order valence-electron chi connectivity index (χ0n) is 15.8. The second-order valence-electron chi connectivity index (χ2n) is 7.66. The van der Waals surface area contributed by atoms with Gasteiger partial charge in [-0.1, -0.05) is 12.1 Å². The van der Waals surface area contributed by atoms with Crippen molar-refractivity contribution in [3.63, 3.8) is 0 Å². The van der Waals surface area contributed by atoms with Crippen molar-refractivity contribution >= 4 is 23.6 Å². The maximum atomic E-state index is 13.1. The second-order valence-corrected chi connectivity index (χ2v) is 7.66. The molecule has 1 unspecified atom stereocenters. The monoisotopic (exact) mass is 384 g/mol. The predicted molar refractivity (Wildman–Crippen MR) is 100 cm³/mol. The van der Waals surface area contributed by atoms with Crippen molar-refractivity contribution in [2.45, 2.75) is 57.3 Å². The van der Waals surface area contributed by atoms with Crippen LogP contribution in [0.15, 0.2) is 18.2 Å². The molecule has 3 N–H and O–H groups in total. The summed E-state index contributed by atoms with van der Waals surface area (Å²) >= 11 is 0. The zero-order valence-corrected chi connectivity index (χ0v) is 15.8. The molecule has 0 spiro atoms. The van der Waals surface area contributed by atoms with E-state index in [1.165, 1.54) is 0 Å². The van der Waals surface area contributed by atoms with Crippen LogP contribution in [0.25, 0.3) is 0 Å². The summed E-state index contributed by atoms with van der Waals surface area (Å²) in [6.07, 6.45) is 2.55. The third-order valence-corrected chi connectivity index (χ3v) is 5.87. The minimum atomic E-state index is -0.937. The molecule has 1 aromatic rings. The van der Waals surface area contributed by atoms with Crippen LogP contribution < -0.4 is 16.0 Å². The van der Waals surface area contributed by atoms with Crippen LogP contribution in [0, 0.1) is 0 Å². The van der Waals surface area contributed by atoms with E-state index in [1.54, 1.807) is 12.1 Å². The Morgan fingerprint density at radius 1 is 1.18 bits per heavy atom. The highest BCUT2D eigenvalue weighted by atomic mass is 16.2. The summed E-state index contributed by atoms with van der Waals surface area (Å²) in [5.74, 6) is -1.90. The van der Waals surface area contributed by atoms with E-state index < -0.39 is 23.8 Å². The molecule has 0 saturated carbocycles. The number of nitrogens with one attached hydrogen (secondary N) is 3. The summed E-state index contributed by atoms with van der Waals surface area (Å²) in [6.45, 7) is 3.59. The number of fused-ring (bicyclic) bond motifs is 1. The topological polar surface area (TPSA) is 108 Å². The van der Waals surface area contributed by atoms with Crippen LogP contribution in [0.1, 0.15) is 58.9 Å². The van der Waals surface area contributed by atoms with Gasteiger partial charge in [-0.25, -0.2) is 0 Å². The highest BCUT2D eigenvalue weighted by Gasteiger charge is 2.45. The molecular formula is C20H24N4O4. The first-order chi connectivity index (χ1) is 13.5. The fourth-order valence-corrected chi connectivity index (χ4v) is 4.28. The summed E-state index contributed by atoms with van der Waals surface area (Å²) < 4.78 is 0. The summed E-state index contributed by atoms with van der Waals surface area (Å²) in [4.78, 5) is 50.5. The van der Waals surface area contributed by atoms with Gasteiger partial charge < -0.3 is 10.6 Å². The zero-order chi connectivity index (χ0) is 19.8. The lowest BCUT2D eigenvalue weighted by atomic mass is 10.0. The molecule has 0 radical (unpaired) electrons. The summed E-state index contributed by atoms with van der Waals surface area (Å²) in [7, 11) is 0. The number of piperidine rings is 1. The number of imide groups is 2. The Kier molecular flexibility index (Phi) is 4.99. The highest BCUT2D eigenvalue weighted by Crippen LogP contribution is 2.30. The van der Waals surface area contributed by atoms with Gasteiger partial charge in [-0.3, -0.25) is 29.4 Å². The van der Waals surface area contributed by atoms with Gasteiger partial charge in [0.2, 0.25) is 11.8 Å². The Morgan fingerprint density at radius 2 is 2.00 bits per heavy atom. The molecule has 4 rings (SSSR count). The summed E-state index contributed by atoms with van der Waals surface area (Å²) in [6, 6.07) is 4.90. The van der Waals surface area contributed by atoms with Gasteiger partial charge in [0.05, 0.1) is 11.1 Å². The number of carbonyl (C=O) groups is 4. The average Bonchev–Trinajstić information content (AvgIpc) is 3.29. The molecule has 4 amide bonds. The van der Waals surface area contributed by atoms with Crippen molar-refractivity contribution in [3.8, 4) is 0 Å². The van der Waals surface area contributed by atoms with Crippen molar-refractivity contribution in [1.82, 2.24) is 20.9 Å². The van der Waals surface area contributed by atoms with Crippen molar-refractivity contribution in [2.24, 2.45) is 0 Å². The van der Waals surface area contributed by atoms with Gasteiger partial charge in [-0.15, -0.1) is 0 Å². The van der Waals surface area contributed by atoms with Crippen LogP contribution in [-0.2, 0) is 16.1 Å². The number of rotatable bonds is 5. The van der Waals surface area contributed by atoms with Crippen LogP contribution in [0.4, 0.5) is 0 Å². The Labute approximate surface area is 163 Å². The fourth-order valence-electron chi connectivity index (χ4n) is 4.28. The molecule has 3 atom stereocenters. The van der Waals surface area contributed by atoms with Crippen LogP contribution in [0.2, 0.25) is 0 Å². The maximum absolute atomic E-state index is 13.1. The molecule has 0 aliphatic carbocycles. The number of nitrogens with zero attached hydrogens (tertiary/aromatic N) is 1. The second kappa shape index (κ2) is 7.44. The van der Waals surface area contributed by atoms with Gasteiger partial charge in [0.25, 0.3) is 11.8 Å². The summed E-state index contributed by atoms with van der Waals surface area (Å²) in [5, 5.41) is 9.12. The largest absolute Gasteiger partial charge is 0.312 e. The number of benzene rings is 1. The summed E-state index contributed by atoms with van der Waals surface area (Å²) in [5.41, 5.74) is 1.42. The molecular weight excluding hydrogens is 360 g/mol. The molecule has 0 aromatic heterocycles.